The molecule has 1 aliphatic rings. The second-order valence-electron chi connectivity index (χ2n) is 4.50. The van der Waals surface area contributed by atoms with Crippen molar-refractivity contribution in [2.45, 2.75) is 44.3 Å². The van der Waals surface area contributed by atoms with Crippen LogP contribution in [0.4, 0.5) is 0 Å². The van der Waals surface area contributed by atoms with Crippen LogP contribution in [0.15, 0.2) is 30.3 Å². The molecule has 0 saturated heterocycles. The third-order valence-electron chi connectivity index (χ3n) is 3.33. The molecule has 0 spiro atoms. The summed E-state index contributed by atoms with van der Waals surface area (Å²) in [7, 11) is 0. The molecule has 1 fully saturated rings. The summed E-state index contributed by atoms with van der Waals surface area (Å²) in [5.41, 5.74) is 7.39. The molecule has 0 heterocycles. The Morgan fingerprint density at radius 1 is 1.27 bits per heavy atom. The average Bonchev–Trinajstić information content (AvgIpc) is 2.66. The van der Waals surface area contributed by atoms with Gasteiger partial charge < -0.3 is 11.1 Å². The second kappa shape index (κ2) is 4.77. The number of hydrogen-bond acceptors (Lipinski definition) is 2. The van der Waals surface area contributed by atoms with Crippen molar-refractivity contribution in [3.8, 4) is 0 Å². The molecule has 82 valence electrons. The highest BCUT2D eigenvalue weighted by Crippen LogP contribution is 2.21. The number of rotatable bonds is 3. The lowest BCUT2D eigenvalue weighted by Crippen LogP contribution is -2.41. The molecule has 1 aromatic carbocycles. The predicted octanol–water partition coefficient (Wildman–Crippen LogP) is 2.22. The molecule has 2 nitrogen and oxygen atoms in total. The standard InChI is InChI=1S/C13H20N2/c1-10(11-6-3-2-4-7-11)15-13-9-5-8-12(13)14/h2-4,6-7,10,12-13,15H,5,8-9,14H2,1H3/t10-,12+,13+/m0/s1. The molecule has 0 bridgehead atoms. The quantitative estimate of drug-likeness (QED) is 0.792. The maximum Gasteiger partial charge on any atom is 0.0294 e. The third-order valence-corrected chi connectivity index (χ3v) is 3.33. The van der Waals surface area contributed by atoms with Gasteiger partial charge in [0.2, 0.25) is 0 Å². The fourth-order valence-electron chi connectivity index (χ4n) is 2.35. The van der Waals surface area contributed by atoms with Crippen LogP contribution in [0.2, 0.25) is 0 Å². The van der Waals surface area contributed by atoms with Crippen LogP contribution >= 0.6 is 0 Å². The van der Waals surface area contributed by atoms with Crippen LogP contribution in [-0.4, -0.2) is 12.1 Å². The van der Waals surface area contributed by atoms with Gasteiger partial charge in [-0.2, -0.15) is 0 Å². The van der Waals surface area contributed by atoms with Crippen molar-refractivity contribution in [1.82, 2.24) is 5.32 Å². The average molecular weight is 204 g/mol. The monoisotopic (exact) mass is 204 g/mol. The zero-order valence-corrected chi connectivity index (χ0v) is 9.32. The minimum Gasteiger partial charge on any atom is -0.326 e. The topological polar surface area (TPSA) is 38.0 Å². The van der Waals surface area contributed by atoms with E-state index >= 15 is 0 Å². The maximum atomic E-state index is 6.04. The highest BCUT2D eigenvalue weighted by atomic mass is 15.0. The fraction of sp³-hybridized carbons (Fsp3) is 0.538. The Morgan fingerprint density at radius 2 is 2.00 bits per heavy atom. The van der Waals surface area contributed by atoms with E-state index in [4.69, 9.17) is 5.73 Å². The third kappa shape index (κ3) is 2.58. The number of nitrogens with one attached hydrogen (secondary N) is 1. The Kier molecular flexibility index (Phi) is 3.39. The first-order valence-electron chi connectivity index (χ1n) is 5.84. The van der Waals surface area contributed by atoms with Crippen LogP contribution in [-0.2, 0) is 0 Å². The molecule has 15 heavy (non-hydrogen) atoms. The largest absolute Gasteiger partial charge is 0.326 e. The summed E-state index contributed by atoms with van der Waals surface area (Å²) in [6, 6.07) is 11.8. The van der Waals surface area contributed by atoms with E-state index < -0.39 is 0 Å². The maximum absolute atomic E-state index is 6.04. The SMILES string of the molecule is C[C@H](N[C@@H]1CCC[C@H]1N)c1ccccc1. The number of benzene rings is 1. The molecule has 0 amide bonds. The summed E-state index contributed by atoms with van der Waals surface area (Å²) in [6.45, 7) is 2.21. The first-order chi connectivity index (χ1) is 7.27. The summed E-state index contributed by atoms with van der Waals surface area (Å²) in [4.78, 5) is 0. The first kappa shape index (κ1) is 10.7. The molecule has 0 radical (unpaired) electrons. The highest BCUT2D eigenvalue weighted by molar-refractivity contribution is 5.18. The molecular weight excluding hydrogens is 184 g/mol. The normalized spacial score (nSPS) is 27.9. The van der Waals surface area contributed by atoms with E-state index in [-0.39, 0.29) is 0 Å². The van der Waals surface area contributed by atoms with E-state index in [9.17, 15) is 0 Å². The van der Waals surface area contributed by atoms with E-state index in [0.29, 0.717) is 18.1 Å². The summed E-state index contributed by atoms with van der Waals surface area (Å²) in [5, 5.41) is 3.62. The molecular formula is C13H20N2. The van der Waals surface area contributed by atoms with Crippen molar-refractivity contribution in [2.75, 3.05) is 0 Å². The van der Waals surface area contributed by atoms with Crippen molar-refractivity contribution >= 4 is 0 Å². The Morgan fingerprint density at radius 3 is 2.60 bits per heavy atom. The molecule has 3 N–H and O–H groups in total. The van der Waals surface area contributed by atoms with Crippen LogP contribution in [0, 0.1) is 0 Å². The van der Waals surface area contributed by atoms with Gasteiger partial charge >= 0.3 is 0 Å². The molecule has 0 aromatic heterocycles. The van der Waals surface area contributed by atoms with Gasteiger partial charge in [-0.15, -0.1) is 0 Å². The Labute approximate surface area is 91.9 Å². The minimum absolute atomic E-state index is 0.344. The lowest BCUT2D eigenvalue weighted by atomic mass is 10.1. The Bertz CT molecular complexity index is 297. The fourth-order valence-corrected chi connectivity index (χ4v) is 2.35. The summed E-state index contributed by atoms with van der Waals surface area (Å²) in [5.74, 6) is 0. The molecule has 2 rings (SSSR count). The van der Waals surface area contributed by atoms with Crippen LogP contribution in [0.5, 0.6) is 0 Å². The molecule has 1 aliphatic carbocycles. The molecule has 3 atom stereocenters. The summed E-state index contributed by atoms with van der Waals surface area (Å²) in [6.07, 6.45) is 3.65. The van der Waals surface area contributed by atoms with E-state index in [1.165, 1.54) is 24.8 Å². The van der Waals surface area contributed by atoms with Crippen molar-refractivity contribution in [2.24, 2.45) is 5.73 Å². The smallest absolute Gasteiger partial charge is 0.0294 e. The number of hydrogen-bond donors (Lipinski definition) is 2. The summed E-state index contributed by atoms with van der Waals surface area (Å²) >= 11 is 0. The Balaban J connectivity index is 1.95. The minimum atomic E-state index is 0.344. The van der Waals surface area contributed by atoms with Crippen LogP contribution in [0.25, 0.3) is 0 Å². The molecule has 2 heteroatoms. The summed E-state index contributed by atoms with van der Waals surface area (Å²) < 4.78 is 0. The second-order valence-corrected chi connectivity index (χ2v) is 4.50. The lowest BCUT2D eigenvalue weighted by molar-refractivity contribution is 0.427. The van der Waals surface area contributed by atoms with Crippen LogP contribution in [0.1, 0.15) is 37.8 Å². The van der Waals surface area contributed by atoms with Gasteiger partial charge in [-0.3, -0.25) is 0 Å². The van der Waals surface area contributed by atoms with Crippen molar-refractivity contribution < 1.29 is 0 Å². The van der Waals surface area contributed by atoms with Gasteiger partial charge in [0.05, 0.1) is 0 Å². The molecule has 1 aromatic rings. The van der Waals surface area contributed by atoms with Crippen LogP contribution in [0.3, 0.4) is 0 Å². The van der Waals surface area contributed by atoms with Crippen molar-refractivity contribution in [1.29, 1.82) is 0 Å². The Hall–Kier alpha value is -0.860. The van der Waals surface area contributed by atoms with Gasteiger partial charge in [0.25, 0.3) is 0 Å². The zero-order chi connectivity index (χ0) is 10.7. The first-order valence-corrected chi connectivity index (χ1v) is 5.84. The van der Waals surface area contributed by atoms with Crippen molar-refractivity contribution in [3.63, 3.8) is 0 Å². The van der Waals surface area contributed by atoms with Gasteiger partial charge in [-0.25, -0.2) is 0 Å². The van der Waals surface area contributed by atoms with E-state index in [2.05, 4.69) is 42.6 Å². The number of nitrogens with two attached hydrogens (primary N) is 1. The van der Waals surface area contributed by atoms with Gasteiger partial charge in [0.15, 0.2) is 0 Å². The van der Waals surface area contributed by atoms with Crippen molar-refractivity contribution in [3.05, 3.63) is 35.9 Å². The predicted molar refractivity (Wildman–Crippen MR) is 63.6 cm³/mol. The highest BCUT2D eigenvalue weighted by Gasteiger charge is 2.24. The molecule has 0 aliphatic heterocycles. The van der Waals surface area contributed by atoms with E-state index in [1.54, 1.807) is 0 Å². The van der Waals surface area contributed by atoms with Gasteiger partial charge in [-0.1, -0.05) is 36.8 Å². The zero-order valence-electron chi connectivity index (χ0n) is 9.32. The van der Waals surface area contributed by atoms with E-state index in [1.807, 2.05) is 0 Å². The molecule has 0 unspecified atom stereocenters. The van der Waals surface area contributed by atoms with Gasteiger partial charge in [0.1, 0.15) is 0 Å². The van der Waals surface area contributed by atoms with E-state index in [0.717, 1.165) is 0 Å². The molecule has 1 saturated carbocycles. The van der Waals surface area contributed by atoms with Crippen LogP contribution < -0.4 is 11.1 Å². The van der Waals surface area contributed by atoms with Gasteiger partial charge in [0, 0.05) is 18.1 Å². The lowest BCUT2D eigenvalue weighted by Gasteiger charge is -2.22. The van der Waals surface area contributed by atoms with Gasteiger partial charge in [-0.05, 0) is 25.3 Å².